The number of urea groups is 1. The molecule has 3 unspecified atom stereocenters. The van der Waals surface area contributed by atoms with Crippen molar-refractivity contribution >= 4 is 36.4 Å². The summed E-state index contributed by atoms with van der Waals surface area (Å²) in [5, 5.41) is 20.8. The Kier molecular flexibility index (Phi) is 13.1. The molecule has 0 spiro atoms. The summed E-state index contributed by atoms with van der Waals surface area (Å²) >= 11 is 0. The minimum Gasteiger partial charge on any atom is -0.480 e. The number of nitrogens with zero attached hydrogens (tertiary/aromatic N) is 1. The quantitative estimate of drug-likeness (QED) is 0.0877. The van der Waals surface area contributed by atoms with Crippen molar-refractivity contribution in [3.05, 3.63) is 0 Å². The Morgan fingerprint density at radius 1 is 1.14 bits per heavy atom. The molecule has 0 fully saturated rings. The highest BCUT2D eigenvalue weighted by atomic mass is 16.4. The van der Waals surface area contributed by atoms with E-state index in [1.807, 2.05) is 0 Å². The third-order valence-electron chi connectivity index (χ3n) is 3.79. The Labute approximate surface area is 168 Å². The summed E-state index contributed by atoms with van der Waals surface area (Å²) < 4.78 is 0. The maximum atomic E-state index is 12.6. The van der Waals surface area contributed by atoms with Gasteiger partial charge in [-0.15, -0.1) is 0 Å². The maximum absolute atomic E-state index is 12.6. The molecule has 0 aromatic rings. The Morgan fingerprint density at radius 2 is 1.83 bits per heavy atom. The molecule has 0 heterocycles. The number of likely N-dealkylation sites (N-methyl/N-ethyl adjacent to an activating group) is 1. The van der Waals surface area contributed by atoms with Gasteiger partial charge in [0.15, 0.2) is 0 Å². The highest BCUT2D eigenvalue weighted by Gasteiger charge is 2.29. The van der Waals surface area contributed by atoms with Crippen molar-refractivity contribution in [2.45, 2.75) is 37.9 Å². The van der Waals surface area contributed by atoms with Gasteiger partial charge in [0.2, 0.25) is 11.8 Å². The number of rotatable bonds is 14. The van der Waals surface area contributed by atoms with E-state index in [-0.39, 0.29) is 6.54 Å². The molecular weight excluding hydrogens is 386 g/mol. The van der Waals surface area contributed by atoms with E-state index in [2.05, 4.69) is 31.6 Å². The highest BCUT2D eigenvalue weighted by molar-refractivity contribution is 5.91. The second-order valence-electron chi connectivity index (χ2n) is 5.87. The zero-order valence-electron chi connectivity index (χ0n) is 16.4. The lowest BCUT2D eigenvalue weighted by atomic mass is 10.0. The number of aliphatic carboxylic acids is 1. The Hall–Kier alpha value is -3.22. The third-order valence-corrected chi connectivity index (χ3v) is 3.79. The van der Waals surface area contributed by atoms with Gasteiger partial charge in [0, 0.05) is 12.6 Å². The fraction of sp³-hybridized carbons (Fsp3) is 0.625. The van der Waals surface area contributed by atoms with Gasteiger partial charge < -0.3 is 42.2 Å². The van der Waals surface area contributed by atoms with Crippen LogP contribution < -0.4 is 32.3 Å². The molecule has 0 radical (unpaired) electrons. The van der Waals surface area contributed by atoms with Gasteiger partial charge in [-0.3, -0.25) is 19.4 Å². The van der Waals surface area contributed by atoms with Crippen molar-refractivity contribution < 1.29 is 29.1 Å². The summed E-state index contributed by atoms with van der Waals surface area (Å²) in [4.78, 5) is 61.5. The minimum atomic E-state index is -1.25. The van der Waals surface area contributed by atoms with Gasteiger partial charge in [-0.05, 0) is 19.9 Å². The number of aliphatic imine (C=N–C) groups is 1. The minimum absolute atomic E-state index is 0.266. The molecule has 0 aliphatic carbocycles. The number of carbonyl (C=O) groups excluding carboxylic acids is 4. The van der Waals surface area contributed by atoms with Gasteiger partial charge in [-0.25, -0.2) is 4.79 Å². The Balaban J connectivity index is 5.05. The van der Waals surface area contributed by atoms with Crippen molar-refractivity contribution in [2.24, 2.45) is 10.7 Å². The number of hydrogen-bond acceptors (Lipinski definition) is 7. The molecule has 0 saturated carbocycles. The number of carbonyl (C=O) groups is 5. The van der Waals surface area contributed by atoms with Crippen LogP contribution in [0.5, 0.6) is 0 Å². The number of carboxylic acids is 1. The molecule has 13 heteroatoms. The van der Waals surface area contributed by atoms with Gasteiger partial charge >= 0.3 is 12.0 Å². The summed E-state index contributed by atoms with van der Waals surface area (Å²) in [5.41, 5.74) is 5.19. The van der Waals surface area contributed by atoms with E-state index in [4.69, 9.17) is 10.8 Å². The van der Waals surface area contributed by atoms with Crippen molar-refractivity contribution in [3.63, 3.8) is 0 Å². The highest BCUT2D eigenvalue weighted by Crippen LogP contribution is 2.01. The SMILES string of the molecule is CCC(C=O)NC(=O)CNC(=O)C(NC(=O)NCC(=O)O)C(CCN=CN)NC. The smallest absolute Gasteiger partial charge is 0.323 e. The summed E-state index contributed by atoms with van der Waals surface area (Å²) in [6.07, 6.45) is 2.42. The average Bonchev–Trinajstić information content (AvgIpc) is 2.70. The molecule has 0 bridgehead atoms. The predicted molar refractivity (Wildman–Crippen MR) is 104 cm³/mol. The number of nitrogens with two attached hydrogens (primary N) is 1. The molecule has 0 saturated heterocycles. The van der Waals surface area contributed by atoms with E-state index in [0.29, 0.717) is 19.1 Å². The topological polar surface area (TPSA) is 204 Å². The molecule has 0 aromatic carbocycles. The first-order chi connectivity index (χ1) is 13.8. The molecule has 3 atom stereocenters. The lowest BCUT2D eigenvalue weighted by Gasteiger charge is -2.26. The number of carboxylic acid groups (broad SMARTS) is 1. The predicted octanol–water partition coefficient (Wildman–Crippen LogP) is -3.09. The zero-order valence-corrected chi connectivity index (χ0v) is 16.4. The van der Waals surface area contributed by atoms with Crippen LogP contribution in [0.15, 0.2) is 4.99 Å². The van der Waals surface area contributed by atoms with E-state index < -0.39 is 55.0 Å². The van der Waals surface area contributed by atoms with Crippen LogP contribution in [0.1, 0.15) is 19.8 Å². The van der Waals surface area contributed by atoms with Gasteiger partial charge in [0.05, 0.1) is 18.9 Å². The lowest BCUT2D eigenvalue weighted by molar-refractivity contribution is -0.135. The number of aldehydes is 1. The van der Waals surface area contributed by atoms with Crippen LogP contribution in [0.3, 0.4) is 0 Å². The first-order valence-electron chi connectivity index (χ1n) is 8.94. The van der Waals surface area contributed by atoms with Gasteiger partial charge in [-0.1, -0.05) is 6.92 Å². The normalized spacial score (nSPS) is 13.7. The average molecular weight is 415 g/mol. The standard InChI is InChI=1S/C16H29N7O6/c1-3-10(8-24)22-12(25)6-20-15(28)14(11(18-2)4-5-19-9-17)23-16(29)21-7-13(26)27/h8-11,14,18H,3-7H2,1-2H3,(H2,17,19)(H,20,28)(H,22,25)(H,26,27)(H2,21,23,29). The van der Waals surface area contributed by atoms with Crippen LogP contribution in [0, 0.1) is 0 Å². The molecule has 0 aromatic heterocycles. The zero-order chi connectivity index (χ0) is 22.2. The summed E-state index contributed by atoms with van der Waals surface area (Å²) in [5.74, 6) is -2.50. The van der Waals surface area contributed by atoms with Crippen LogP contribution in [0.25, 0.3) is 0 Å². The summed E-state index contributed by atoms with van der Waals surface area (Å²) in [7, 11) is 1.57. The first kappa shape index (κ1) is 25.8. The van der Waals surface area contributed by atoms with Gasteiger partial charge in [0.1, 0.15) is 18.9 Å². The third kappa shape index (κ3) is 11.3. The van der Waals surface area contributed by atoms with E-state index in [9.17, 15) is 24.0 Å². The molecule has 13 nitrogen and oxygen atoms in total. The largest absolute Gasteiger partial charge is 0.480 e. The molecule has 0 aliphatic heterocycles. The fourth-order valence-electron chi connectivity index (χ4n) is 2.23. The maximum Gasteiger partial charge on any atom is 0.323 e. The summed E-state index contributed by atoms with van der Waals surface area (Å²) in [6.45, 7) is 0.945. The Morgan fingerprint density at radius 3 is 2.34 bits per heavy atom. The van der Waals surface area contributed by atoms with Crippen LogP contribution in [0.2, 0.25) is 0 Å². The summed E-state index contributed by atoms with van der Waals surface area (Å²) in [6, 6.07) is -3.25. The van der Waals surface area contributed by atoms with E-state index >= 15 is 0 Å². The van der Waals surface area contributed by atoms with E-state index in [1.165, 1.54) is 0 Å². The van der Waals surface area contributed by atoms with Crippen molar-refractivity contribution in [1.82, 2.24) is 26.6 Å². The lowest BCUT2D eigenvalue weighted by Crippen LogP contribution is -2.60. The molecular formula is C16H29N7O6. The van der Waals surface area contributed by atoms with Crippen molar-refractivity contribution in [3.8, 4) is 0 Å². The second kappa shape index (κ2) is 14.8. The number of hydrogen-bond donors (Lipinski definition) is 7. The molecule has 0 aliphatic rings. The second-order valence-corrected chi connectivity index (χ2v) is 5.87. The van der Waals surface area contributed by atoms with Crippen molar-refractivity contribution in [2.75, 3.05) is 26.7 Å². The van der Waals surface area contributed by atoms with Crippen LogP contribution in [0.4, 0.5) is 4.79 Å². The number of amides is 4. The van der Waals surface area contributed by atoms with E-state index in [0.717, 1.165) is 6.34 Å². The molecule has 29 heavy (non-hydrogen) atoms. The molecule has 4 amide bonds. The van der Waals surface area contributed by atoms with Crippen LogP contribution in [-0.2, 0) is 19.2 Å². The van der Waals surface area contributed by atoms with Crippen molar-refractivity contribution in [1.29, 1.82) is 0 Å². The Bertz CT molecular complexity index is 598. The molecule has 8 N–H and O–H groups in total. The monoisotopic (exact) mass is 415 g/mol. The van der Waals surface area contributed by atoms with Crippen LogP contribution in [-0.4, -0.2) is 86.4 Å². The molecule has 0 rings (SSSR count). The van der Waals surface area contributed by atoms with Crippen LogP contribution >= 0.6 is 0 Å². The van der Waals surface area contributed by atoms with Gasteiger partial charge in [-0.2, -0.15) is 0 Å². The van der Waals surface area contributed by atoms with E-state index in [1.54, 1.807) is 14.0 Å². The first-order valence-corrected chi connectivity index (χ1v) is 8.94. The molecule has 164 valence electrons. The van der Waals surface area contributed by atoms with Gasteiger partial charge in [0.25, 0.3) is 0 Å². The fourth-order valence-corrected chi connectivity index (χ4v) is 2.23. The number of nitrogens with one attached hydrogen (secondary N) is 5.